The fraction of sp³-hybridized carbons (Fsp3) is 0.333. The largest absolute Gasteiger partial charge is 1.00 e. The van der Waals surface area contributed by atoms with Crippen LogP contribution in [0.3, 0.4) is 0 Å². The van der Waals surface area contributed by atoms with Crippen molar-refractivity contribution in [3.8, 4) is 0 Å². The molecule has 6 heteroatoms. The third kappa shape index (κ3) is 4.54. The molecular weight excluding hydrogens is 291 g/mol. The first-order valence-electron chi connectivity index (χ1n) is 4.15. The van der Waals surface area contributed by atoms with Gasteiger partial charge in [-0.15, -0.1) is 0 Å². The van der Waals surface area contributed by atoms with Crippen molar-refractivity contribution in [2.24, 2.45) is 0 Å². The third-order valence-electron chi connectivity index (χ3n) is 1.96. The smallest absolute Gasteiger partial charge is 0.747 e. The van der Waals surface area contributed by atoms with E-state index in [1.165, 1.54) is 0 Å². The molecule has 0 amide bonds. The molecule has 0 heterocycles. The van der Waals surface area contributed by atoms with E-state index in [4.69, 9.17) is 0 Å². The van der Waals surface area contributed by atoms with Crippen LogP contribution in [0.2, 0.25) is 0 Å². The molecule has 1 aromatic carbocycles. The van der Waals surface area contributed by atoms with Gasteiger partial charge in [0.15, 0.2) is 0 Å². The number of benzene rings is 1. The normalized spacial score (nSPS) is 13.0. The molecule has 0 aliphatic rings. The summed E-state index contributed by atoms with van der Waals surface area (Å²) < 4.78 is 33.5. The van der Waals surface area contributed by atoms with Crippen LogP contribution in [0.1, 0.15) is 24.2 Å². The van der Waals surface area contributed by atoms with E-state index in [0.29, 0.717) is 12.0 Å². The number of hydrogen-bond donors (Lipinski definition) is 0. The Morgan fingerprint density at radius 1 is 1.33 bits per heavy atom. The van der Waals surface area contributed by atoms with Crippen LogP contribution in [0.15, 0.2) is 28.7 Å². The fourth-order valence-electron chi connectivity index (χ4n) is 1.28. The van der Waals surface area contributed by atoms with E-state index in [1.807, 2.05) is 0 Å². The average Bonchev–Trinajstić information content (AvgIpc) is 2.07. The standard InChI is InChI=1S/C9H11BrO3S.Na/c1-2-9(14(11,12)13)7-3-5-8(10)6-4-7;/h3-6,9H,2H2,1H3,(H,11,12,13);/q;+1/p-1. The summed E-state index contributed by atoms with van der Waals surface area (Å²) in [7, 11) is -4.25. The van der Waals surface area contributed by atoms with E-state index < -0.39 is 15.4 Å². The van der Waals surface area contributed by atoms with Crippen LogP contribution in [-0.2, 0) is 10.1 Å². The molecule has 0 bridgehead atoms. The Hall–Kier alpha value is 0.610. The van der Waals surface area contributed by atoms with Crippen molar-refractivity contribution >= 4 is 26.0 Å². The van der Waals surface area contributed by atoms with E-state index in [9.17, 15) is 13.0 Å². The topological polar surface area (TPSA) is 57.2 Å². The van der Waals surface area contributed by atoms with E-state index in [-0.39, 0.29) is 29.6 Å². The van der Waals surface area contributed by atoms with Gasteiger partial charge in [0.2, 0.25) is 0 Å². The summed E-state index contributed by atoms with van der Waals surface area (Å²) in [5.74, 6) is 0. The Morgan fingerprint density at radius 3 is 2.13 bits per heavy atom. The van der Waals surface area contributed by atoms with Crippen molar-refractivity contribution < 1.29 is 42.5 Å². The maximum Gasteiger partial charge on any atom is 1.00 e. The molecule has 0 aliphatic carbocycles. The molecule has 3 nitrogen and oxygen atoms in total. The van der Waals surface area contributed by atoms with Crippen molar-refractivity contribution in [2.75, 3.05) is 0 Å². The molecule has 0 radical (unpaired) electrons. The number of rotatable bonds is 3. The van der Waals surface area contributed by atoms with Gasteiger partial charge in [-0.25, -0.2) is 8.42 Å². The Kier molecular flexibility index (Phi) is 6.63. The summed E-state index contributed by atoms with van der Waals surface area (Å²) in [6, 6.07) is 6.74. The Bertz CT molecular complexity index is 402. The van der Waals surface area contributed by atoms with Gasteiger partial charge in [-0.3, -0.25) is 0 Å². The average molecular weight is 301 g/mol. The second-order valence-corrected chi connectivity index (χ2v) is 5.41. The minimum Gasteiger partial charge on any atom is -0.747 e. The number of halogens is 1. The van der Waals surface area contributed by atoms with E-state index in [0.717, 1.165) is 4.47 Å². The number of hydrogen-bond acceptors (Lipinski definition) is 3. The van der Waals surface area contributed by atoms with Crippen molar-refractivity contribution in [1.29, 1.82) is 0 Å². The van der Waals surface area contributed by atoms with Crippen LogP contribution in [0, 0.1) is 0 Å². The maximum absolute atomic E-state index is 10.9. The summed E-state index contributed by atoms with van der Waals surface area (Å²) in [4.78, 5) is 0. The van der Waals surface area contributed by atoms with Crippen LogP contribution in [0.4, 0.5) is 0 Å². The molecule has 1 unspecified atom stereocenters. The van der Waals surface area contributed by atoms with Gasteiger partial charge >= 0.3 is 29.6 Å². The summed E-state index contributed by atoms with van der Waals surface area (Å²) >= 11 is 3.24. The molecule has 0 fully saturated rings. The second-order valence-electron chi connectivity index (χ2n) is 2.94. The molecule has 0 saturated carbocycles. The predicted octanol–water partition coefficient (Wildman–Crippen LogP) is -0.551. The summed E-state index contributed by atoms with van der Waals surface area (Å²) in [6.07, 6.45) is 0.299. The van der Waals surface area contributed by atoms with Crippen LogP contribution >= 0.6 is 15.9 Å². The molecular formula is C9H10BrNaO3S. The quantitative estimate of drug-likeness (QED) is 0.556. The Morgan fingerprint density at radius 2 is 1.80 bits per heavy atom. The zero-order valence-corrected chi connectivity index (χ0v) is 13.0. The van der Waals surface area contributed by atoms with Gasteiger partial charge in [0.25, 0.3) is 0 Å². The van der Waals surface area contributed by atoms with Gasteiger partial charge in [-0.05, 0) is 24.1 Å². The van der Waals surface area contributed by atoms with Gasteiger partial charge in [0.05, 0.1) is 5.25 Å². The minimum atomic E-state index is -4.25. The molecule has 0 N–H and O–H groups in total. The van der Waals surface area contributed by atoms with Crippen molar-refractivity contribution in [1.82, 2.24) is 0 Å². The van der Waals surface area contributed by atoms with Crippen LogP contribution in [0.25, 0.3) is 0 Å². The molecule has 0 saturated heterocycles. The summed E-state index contributed by atoms with van der Waals surface area (Å²) in [5, 5.41) is -0.935. The zero-order chi connectivity index (χ0) is 10.8. The van der Waals surface area contributed by atoms with E-state index in [1.54, 1.807) is 31.2 Å². The van der Waals surface area contributed by atoms with Crippen LogP contribution in [-0.4, -0.2) is 13.0 Å². The Labute approximate surface area is 120 Å². The van der Waals surface area contributed by atoms with E-state index in [2.05, 4.69) is 15.9 Å². The van der Waals surface area contributed by atoms with Gasteiger partial charge in [-0.2, -0.15) is 0 Å². The first-order valence-corrected chi connectivity index (χ1v) is 6.41. The molecule has 0 aliphatic heterocycles. The summed E-state index contributed by atoms with van der Waals surface area (Å²) in [5.41, 5.74) is 0.547. The van der Waals surface area contributed by atoms with E-state index >= 15 is 0 Å². The van der Waals surface area contributed by atoms with Gasteiger partial charge < -0.3 is 4.55 Å². The molecule has 1 atom stereocenters. The zero-order valence-electron chi connectivity index (χ0n) is 8.60. The molecule has 1 aromatic rings. The molecule has 0 spiro atoms. The fourth-order valence-corrected chi connectivity index (χ4v) is 2.45. The molecule has 1 rings (SSSR count). The monoisotopic (exact) mass is 300 g/mol. The van der Waals surface area contributed by atoms with Crippen LogP contribution < -0.4 is 29.6 Å². The van der Waals surface area contributed by atoms with Crippen molar-refractivity contribution in [3.63, 3.8) is 0 Å². The first kappa shape index (κ1) is 15.6. The first-order chi connectivity index (χ1) is 6.45. The van der Waals surface area contributed by atoms with Crippen LogP contribution in [0.5, 0.6) is 0 Å². The van der Waals surface area contributed by atoms with Gasteiger partial charge in [0.1, 0.15) is 10.1 Å². The minimum absolute atomic E-state index is 0. The second kappa shape index (κ2) is 6.37. The molecule has 15 heavy (non-hydrogen) atoms. The van der Waals surface area contributed by atoms with Crippen molar-refractivity contribution in [3.05, 3.63) is 34.3 Å². The van der Waals surface area contributed by atoms with Crippen molar-refractivity contribution in [2.45, 2.75) is 18.6 Å². The van der Waals surface area contributed by atoms with Gasteiger partial charge in [-0.1, -0.05) is 35.0 Å². The maximum atomic E-state index is 10.9. The third-order valence-corrected chi connectivity index (χ3v) is 3.79. The SMILES string of the molecule is CCC(c1ccc(Br)cc1)S(=O)(=O)[O-].[Na+]. The Balaban J connectivity index is 0.00000196. The van der Waals surface area contributed by atoms with Gasteiger partial charge in [0, 0.05) is 4.47 Å². The molecule has 78 valence electrons. The molecule has 0 aromatic heterocycles. The summed E-state index contributed by atoms with van der Waals surface area (Å²) in [6.45, 7) is 1.68. The predicted molar refractivity (Wildman–Crippen MR) is 56.9 cm³/mol.